The quantitative estimate of drug-likeness (QED) is 0.502. The summed E-state index contributed by atoms with van der Waals surface area (Å²) in [5, 5.41) is 0. The Bertz CT molecular complexity index is 443. The fourth-order valence-corrected chi connectivity index (χ4v) is 6.11. The second-order valence-electron chi connectivity index (χ2n) is 8.23. The van der Waals surface area contributed by atoms with Crippen molar-refractivity contribution < 1.29 is 0 Å². The SMILES string of the molecule is C[C@]12CC=C3[C@@H](CCC4CC=CC[C@]34C)[C@@H]1CCC2. The van der Waals surface area contributed by atoms with E-state index >= 15 is 0 Å². The Kier molecular flexibility index (Phi) is 2.57. The molecule has 104 valence electrons. The molecule has 0 aromatic heterocycles. The van der Waals surface area contributed by atoms with Crippen LogP contribution in [-0.4, -0.2) is 0 Å². The first kappa shape index (κ1) is 12.2. The molecule has 4 rings (SSSR count). The molecule has 0 aliphatic heterocycles. The lowest BCUT2D eigenvalue weighted by molar-refractivity contribution is 0.0682. The van der Waals surface area contributed by atoms with Gasteiger partial charge in [0.25, 0.3) is 0 Å². The molecule has 0 aromatic rings. The van der Waals surface area contributed by atoms with Crippen molar-refractivity contribution >= 4 is 0 Å². The maximum Gasteiger partial charge on any atom is -0.00479 e. The van der Waals surface area contributed by atoms with Crippen LogP contribution in [0, 0.1) is 28.6 Å². The molecule has 0 N–H and O–H groups in total. The van der Waals surface area contributed by atoms with Crippen molar-refractivity contribution in [2.24, 2.45) is 28.6 Å². The second kappa shape index (κ2) is 3.99. The maximum atomic E-state index is 2.71. The van der Waals surface area contributed by atoms with E-state index in [1.165, 1.54) is 51.4 Å². The lowest BCUT2D eigenvalue weighted by Gasteiger charge is -2.54. The van der Waals surface area contributed by atoms with Crippen LogP contribution in [0.2, 0.25) is 0 Å². The minimum absolute atomic E-state index is 0.515. The van der Waals surface area contributed by atoms with E-state index in [1.54, 1.807) is 0 Å². The number of fused-ring (bicyclic) bond motifs is 5. The normalized spacial score (nSPS) is 52.1. The van der Waals surface area contributed by atoms with Crippen LogP contribution in [0.15, 0.2) is 23.8 Å². The predicted molar refractivity (Wildman–Crippen MR) is 80.8 cm³/mol. The Hall–Kier alpha value is -0.520. The third-order valence-electron chi connectivity index (χ3n) is 7.35. The summed E-state index contributed by atoms with van der Waals surface area (Å²) in [4.78, 5) is 0. The molecular formula is C19H28. The van der Waals surface area contributed by atoms with Crippen LogP contribution < -0.4 is 0 Å². The van der Waals surface area contributed by atoms with Crippen LogP contribution in [0.1, 0.15) is 65.2 Å². The summed E-state index contributed by atoms with van der Waals surface area (Å²) in [5.74, 6) is 2.89. The van der Waals surface area contributed by atoms with E-state index in [4.69, 9.17) is 0 Å². The smallest absolute Gasteiger partial charge is 0.00479 e. The molecule has 2 fully saturated rings. The van der Waals surface area contributed by atoms with Gasteiger partial charge in [-0.15, -0.1) is 0 Å². The van der Waals surface area contributed by atoms with Gasteiger partial charge in [0, 0.05) is 0 Å². The first-order valence-electron chi connectivity index (χ1n) is 8.49. The Labute approximate surface area is 118 Å². The van der Waals surface area contributed by atoms with Crippen LogP contribution in [-0.2, 0) is 0 Å². The molecule has 0 spiro atoms. The van der Waals surface area contributed by atoms with Gasteiger partial charge in [0.1, 0.15) is 0 Å². The summed E-state index contributed by atoms with van der Waals surface area (Å²) in [5.41, 5.74) is 3.06. The molecule has 4 aliphatic carbocycles. The molecule has 0 saturated heterocycles. The maximum absolute atomic E-state index is 2.71. The van der Waals surface area contributed by atoms with Crippen LogP contribution >= 0.6 is 0 Å². The number of rotatable bonds is 0. The topological polar surface area (TPSA) is 0 Å². The van der Waals surface area contributed by atoms with E-state index in [0.717, 1.165) is 17.8 Å². The minimum Gasteiger partial charge on any atom is -0.0882 e. The van der Waals surface area contributed by atoms with Gasteiger partial charge in [0.05, 0.1) is 0 Å². The Balaban J connectivity index is 1.74. The van der Waals surface area contributed by atoms with Crippen LogP contribution in [0.3, 0.4) is 0 Å². The number of hydrogen-bond acceptors (Lipinski definition) is 0. The molecule has 4 aliphatic rings. The predicted octanol–water partition coefficient (Wildman–Crippen LogP) is 5.51. The summed E-state index contributed by atoms with van der Waals surface area (Å²) < 4.78 is 0. The van der Waals surface area contributed by atoms with Crippen LogP contribution in [0.4, 0.5) is 0 Å². The average molecular weight is 256 g/mol. The summed E-state index contributed by atoms with van der Waals surface area (Å²) in [6, 6.07) is 0. The average Bonchev–Trinajstić information content (AvgIpc) is 2.79. The zero-order valence-corrected chi connectivity index (χ0v) is 12.6. The Morgan fingerprint density at radius 3 is 2.84 bits per heavy atom. The van der Waals surface area contributed by atoms with Gasteiger partial charge >= 0.3 is 0 Å². The second-order valence-corrected chi connectivity index (χ2v) is 8.23. The lowest BCUT2D eigenvalue weighted by atomic mass is 9.50. The van der Waals surface area contributed by atoms with Crippen molar-refractivity contribution in [2.75, 3.05) is 0 Å². The van der Waals surface area contributed by atoms with Gasteiger partial charge in [-0.2, -0.15) is 0 Å². The monoisotopic (exact) mass is 256 g/mol. The summed E-state index contributed by atoms with van der Waals surface area (Å²) in [7, 11) is 0. The Morgan fingerprint density at radius 2 is 1.95 bits per heavy atom. The fraction of sp³-hybridized carbons (Fsp3) is 0.789. The minimum atomic E-state index is 0.515. The first-order valence-corrected chi connectivity index (χ1v) is 8.49. The summed E-state index contributed by atoms with van der Waals surface area (Å²) in [6.07, 6.45) is 19.1. The zero-order valence-electron chi connectivity index (χ0n) is 12.6. The highest BCUT2D eigenvalue weighted by Crippen LogP contribution is 2.63. The van der Waals surface area contributed by atoms with Crippen LogP contribution in [0.5, 0.6) is 0 Å². The highest BCUT2D eigenvalue weighted by molar-refractivity contribution is 5.29. The molecule has 2 saturated carbocycles. The van der Waals surface area contributed by atoms with Crippen molar-refractivity contribution in [3.05, 3.63) is 23.8 Å². The third-order valence-corrected chi connectivity index (χ3v) is 7.35. The van der Waals surface area contributed by atoms with Gasteiger partial charge in [0.15, 0.2) is 0 Å². The standard InChI is InChI=1S/C19H28/c1-18-11-5-7-16(18)15-9-8-14-6-3-4-12-19(14,2)17(15)10-13-18/h3-4,10,14-16H,5-9,11-13H2,1-2H3/t14?,15-,16-,18-,19-/m0/s1. The van der Waals surface area contributed by atoms with Gasteiger partial charge < -0.3 is 0 Å². The molecular weight excluding hydrogens is 228 g/mol. The van der Waals surface area contributed by atoms with E-state index < -0.39 is 0 Å². The molecule has 0 heterocycles. The van der Waals surface area contributed by atoms with Crippen molar-refractivity contribution in [2.45, 2.75) is 65.2 Å². The lowest BCUT2D eigenvalue weighted by Crippen LogP contribution is -2.45. The molecule has 5 atom stereocenters. The molecule has 0 heteroatoms. The zero-order chi connectivity index (χ0) is 13.1. The molecule has 0 amide bonds. The third kappa shape index (κ3) is 1.58. The largest absolute Gasteiger partial charge is 0.0882 e. The molecule has 0 nitrogen and oxygen atoms in total. The number of allylic oxidation sites excluding steroid dienone is 4. The molecule has 19 heavy (non-hydrogen) atoms. The van der Waals surface area contributed by atoms with Gasteiger partial charge in [-0.1, -0.05) is 44.1 Å². The van der Waals surface area contributed by atoms with Crippen molar-refractivity contribution in [1.29, 1.82) is 0 Å². The summed E-state index contributed by atoms with van der Waals surface area (Å²) in [6.45, 7) is 5.16. The molecule has 1 unspecified atom stereocenters. The van der Waals surface area contributed by atoms with Crippen LogP contribution in [0.25, 0.3) is 0 Å². The van der Waals surface area contributed by atoms with Crippen molar-refractivity contribution in [1.82, 2.24) is 0 Å². The fourth-order valence-electron chi connectivity index (χ4n) is 6.11. The van der Waals surface area contributed by atoms with Gasteiger partial charge in [-0.3, -0.25) is 0 Å². The van der Waals surface area contributed by atoms with E-state index in [0.29, 0.717) is 10.8 Å². The van der Waals surface area contributed by atoms with E-state index in [-0.39, 0.29) is 0 Å². The summed E-state index contributed by atoms with van der Waals surface area (Å²) >= 11 is 0. The van der Waals surface area contributed by atoms with Gasteiger partial charge in [-0.05, 0) is 73.5 Å². The highest BCUT2D eigenvalue weighted by atomic mass is 14.6. The Morgan fingerprint density at radius 1 is 1.05 bits per heavy atom. The first-order chi connectivity index (χ1) is 9.13. The van der Waals surface area contributed by atoms with Gasteiger partial charge in [-0.25, -0.2) is 0 Å². The molecule has 0 radical (unpaired) electrons. The van der Waals surface area contributed by atoms with E-state index in [9.17, 15) is 0 Å². The highest BCUT2D eigenvalue weighted by Gasteiger charge is 2.53. The van der Waals surface area contributed by atoms with E-state index in [2.05, 4.69) is 32.1 Å². The van der Waals surface area contributed by atoms with Crippen molar-refractivity contribution in [3.63, 3.8) is 0 Å². The van der Waals surface area contributed by atoms with Crippen molar-refractivity contribution in [3.8, 4) is 0 Å². The number of hydrogen-bond donors (Lipinski definition) is 0. The van der Waals surface area contributed by atoms with Gasteiger partial charge in [0.2, 0.25) is 0 Å². The van der Waals surface area contributed by atoms with E-state index in [1.807, 2.05) is 5.57 Å². The molecule has 0 bridgehead atoms. The molecule has 0 aromatic carbocycles.